The van der Waals surface area contributed by atoms with Gasteiger partial charge in [-0.25, -0.2) is 8.78 Å². The summed E-state index contributed by atoms with van der Waals surface area (Å²) in [6.07, 6.45) is 1.97. The molecule has 0 aromatic heterocycles. The van der Waals surface area contributed by atoms with Crippen LogP contribution in [0.15, 0.2) is 48.5 Å². The number of rotatable bonds is 6. The molecule has 2 nitrogen and oxygen atoms in total. The highest BCUT2D eigenvalue weighted by molar-refractivity contribution is 7.80. The predicted octanol–water partition coefficient (Wildman–Crippen LogP) is 4.52. The lowest BCUT2D eigenvalue weighted by molar-refractivity contribution is 0.498. The van der Waals surface area contributed by atoms with Crippen LogP contribution >= 0.6 is 12.2 Å². The number of thiocarbonyl (C=S) groups is 1. The zero-order chi connectivity index (χ0) is 16.7. The maximum absolute atomic E-state index is 13.6. The normalized spacial score (nSPS) is 11.8. The molecule has 1 unspecified atom stereocenters. The van der Waals surface area contributed by atoms with Gasteiger partial charge in [0.05, 0.1) is 5.69 Å². The van der Waals surface area contributed by atoms with Crippen molar-refractivity contribution in [3.8, 4) is 0 Å². The minimum atomic E-state index is -0.662. The zero-order valence-electron chi connectivity index (χ0n) is 13.0. The van der Waals surface area contributed by atoms with Crippen molar-refractivity contribution >= 4 is 23.0 Å². The molecule has 0 spiro atoms. The van der Waals surface area contributed by atoms with E-state index in [0.717, 1.165) is 18.9 Å². The quantitative estimate of drug-likeness (QED) is 0.760. The number of nitrogens with one attached hydrogen (secondary N) is 2. The van der Waals surface area contributed by atoms with E-state index in [4.69, 9.17) is 12.2 Å². The van der Waals surface area contributed by atoms with Crippen molar-refractivity contribution in [2.24, 2.45) is 5.92 Å². The van der Waals surface area contributed by atoms with Crippen molar-refractivity contribution in [1.82, 2.24) is 5.32 Å². The Morgan fingerprint density at radius 3 is 2.52 bits per heavy atom. The number of hydrogen-bond donors (Lipinski definition) is 2. The van der Waals surface area contributed by atoms with E-state index in [1.807, 2.05) is 18.2 Å². The third kappa shape index (κ3) is 5.60. The van der Waals surface area contributed by atoms with Crippen LogP contribution in [-0.4, -0.2) is 11.7 Å². The summed E-state index contributed by atoms with van der Waals surface area (Å²) in [6.45, 7) is 2.82. The lowest BCUT2D eigenvalue weighted by Gasteiger charge is -2.18. The summed E-state index contributed by atoms with van der Waals surface area (Å²) < 4.78 is 26.4. The van der Waals surface area contributed by atoms with Gasteiger partial charge in [0, 0.05) is 12.6 Å². The van der Waals surface area contributed by atoms with Crippen LogP contribution in [0.5, 0.6) is 0 Å². The number of halogens is 2. The second-order valence-corrected chi connectivity index (χ2v) is 5.83. The predicted molar refractivity (Wildman–Crippen MR) is 94.5 cm³/mol. The van der Waals surface area contributed by atoms with Gasteiger partial charge in [0.25, 0.3) is 0 Å². The lowest BCUT2D eigenvalue weighted by atomic mass is 9.97. The van der Waals surface area contributed by atoms with Crippen molar-refractivity contribution in [1.29, 1.82) is 0 Å². The number of hydrogen-bond acceptors (Lipinski definition) is 1. The lowest BCUT2D eigenvalue weighted by Crippen LogP contribution is -2.33. The van der Waals surface area contributed by atoms with Gasteiger partial charge in [-0.2, -0.15) is 0 Å². The van der Waals surface area contributed by atoms with Crippen molar-refractivity contribution in [2.45, 2.75) is 19.8 Å². The zero-order valence-corrected chi connectivity index (χ0v) is 13.8. The first-order chi connectivity index (χ1) is 11.1. The Labute approximate surface area is 140 Å². The van der Waals surface area contributed by atoms with E-state index in [9.17, 15) is 8.78 Å². The van der Waals surface area contributed by atoms with Crippen LogP contribution in [0.1, 0.15) is 18.9 Å². The Morgan fingerprint density at radius 2 is 1.87 bits per heavy atom. The maximum atomic E-state index is 13.6. The summed E-state index contributed by atoms with van der Waals surface area (Å²) in [5, 5.41) is 6.20. The van der Waals surface area contributed by atoms with Crippen LogP contribution in [0, 0.1) is 17.6 Å². The van der Waals surface area contributed by atoms with E-state index < -0.39 is 11.6 Å². The minimum absolute atomic E-state index is 0.167. The van der Waals surface area contributed by atoms with Gasteiger partial charge in [0.1, 0.15) is 11.6 Å². The Hall–Kier alpha value is -2.01. The summed E-state index contributed by atoms with van der Waals surface area (Å²) >= 11 is 5.18. The van der Waals surface area contributed by atoms with Crippen LogP contribution < -0.4 is 10.6 Å². The van der Waals surface area contributed by atoms with Crippen LogP contribution in [-0.2, 0) is 6.42 Å². The van der Waals surface area contributed by atoms with Crippen molar-refractivity contribution in [3.63, 3.8) is 0 Å². The fourth-order valence-corrected chi connectivity index (χ4v) is 2.50. The molecule has 122 valence electrons. The summed E-state index contributed by atoms with van der Waals surface area (Å²) in [5.74, 6) is -0.846. The molecule has 0 radical (unpaired) electrons. The summed E-state index contributed by atoms with van der Waals surface area (Å²) in [7, 11) is 0. The first-order valence-electron chi connectivity index (χ1n) is 7.62. The number of benzene rings is 2. The highest BCUT2D eigenvalue weighted by Gasteiger charge is 2.10. The van der Waals surface area contributed by atoms with Crippen LogP contribution in [0.4, 0.5) is 14.5 Å². The fraction of sp³-hybridized carbons (Fsp3) is 0.278. The fourth-order valence-electron chi connectivity index (χ4n) is 2.30. The number of anilines is 1. The molecule has 0 aliphatic rings. The van der Waals surface area contributed by atoms with Crippen molar-refractivity contribution in [2.75, 3.05) is 11.9 Å². The molecule has 2 aromatic rings. The highest BCUT2D eigenvalue weighted by Crippen LogP contribution is 2.15. The van der Waals surface area contributed by atoms with Gasteiger partial charge in [-0.15, -0.1) is 0 Å². The molecule has 0 saturated carbocycles. The molecule has 0 bridgehead atoms. The molecule has 2 rings (SSSR count). The maximum Gasteiger partial charge on any atom is 0.170 e. The van der Waals surface area contributed by atoms with Crippen LogP contribution in [0.25, 0.3) is 0 Å². The van der Waals surface area contributed by atoms with Crippen LogP contribution in [0.3, 0.4) is 0 Å². The molecular formula is C18H20F2N2S. The smallest absolute Gasteiger partial charge is 0.170 e. The largest absolute Gasteiger partial charge is 0.362 e. The molecule has 5 heteroatoms. The molecule has 23 heavy (non-hydrogen) atoms. The van der Waals surface area contributed by atoms with Gasteiger partial charge in [-0.05, 0) is 42.3 Å². The van der Waals surface area contributed by atoms with Gasteiger partial charge < -0.3 is 10.6 Å². The summed E-state index contributed by atoms with van der Waals surface area (Å²) in [6, 6.07) is 13.6. The summed E-state index contributed by atoms with van der Waals surface area (Å²) in [4.78, 5) is 0. The molecular weight excluding hydrogens is 314 g/mol. The Kier molecular flexibility index (Phi) is 6.47. The first-order valence-corrected chi connectivity index (χ1v) is 8.03. The van der Waals surface area contributed by atoms with Gasteiger partial charge in [0.2, 0.25) is 0 Å². The van der Waals surface area contributed by atoms with E-state index >= 15 is 0 Å². The molecule has 0 fully saturated rings. The second-order valence-electron chi connectivity index (χ2n) is 5.42. The monoisotopic (exact) mass is 334 g/mol. The first kappa shape index (κ1) is 17.3. The average Bonchev–Trinajstić information content (AvgIpc) is 2.55. The van der Waals surface area contributed by atoms with Crippen molar-refractivity contribution in [3.05, 3.63) is 65.7 Å². The SMILES string of the molecule is CCC(CNC(=S)Nc1ccc(F)cc1F)Cc1ccccc1. The molecule has 0 amide bonds. The molecule has 0 aliphatic carbocycles. The van der Waals surface area contributed by atoms with Crippen molar-refractivity contribution < 1.29 is 8.78 Å². The minimum Gasteiger partial charge on any atom is -0.362 e. The van der Waals surface area contributed by atoms with E-state index in [1.165, 1.54) is 17.7 Å². The van der Waals surface area contributed by atoms with E-state index in [2.05, 4.69) is 29.7 Å². The topological polar surface area (TPSA) is 24.1 Å². The third-order valence-electron chi connectivity index (χ3n) is 3.68. The molecule has 0 aliphatic heterocycles. The molecule has 1 atom stereocenters. The highest BCUT2D eigenvalue weighted by atomic mass is 32.1. The second kappa shape index (κ2) is 8.58. The van der Waals surface area contributed by atoms with Gasteiger partial charge in [0.15, 0.2) is 5.11 Å². The standard InChI is InChI=1S/C18H20F2N2S/c1-2-13(10-14-6-4-3-5-7-14)12-21-18(23)22-17-9-8-15(19)11-16(17)20/h3-9,11,13H,2,10,12H2,1H3,(H2,21,22,23). The molecule has 2 N–H and O–H groups in total. The van der Waals surface area contributed by atoms with E-state index in [-0.39, 0.29) is 5.69 Å². The Morgan fingerprint density at radius 1 is 1.13 bits per heavy atom. The average molecular weight is 334 g/mol. The molecule has 0 saturated heterocycles. The summed E-state index contributed by atoms with van der Waals surface area (Å²) in [5.41, 5.74) is 1.45. The molecule has 2 aromatic carbocycles. The molecule has 0 heterocycles. The van der Waals surface area contributed by atoms with E-state index in [0.29, 0.717) is 17.6 Å². The van der Waals surface area contributed by atoms with E-state index in [1.54, 1.807) is 0 Å². The third-order valence-corrected chi connectivity index (χ3v) is 3.92. The Bertz CT molecular complexity index is 647. The van der Waals surface area contributed by atoms with Gasteiger partial charge in [-0.1, -0.05) is 43.7 Å². The van der Waals surface area contributed by atoms with Gasteiger partial charge in [-0.3, -0.25) is 0 Å². The Balaban J connectivity index is 1.84. The van der Waals surface area contributed by atoms with Crippen LogP contribution in [0.2, 0.25) is 0 Å². The van der Waals surface area contributed by atoms with Gasteiger partial charge >= 0.3 is 0 Å².